The van der Waals surface area contributed by atoms with Crippen molar-refractivity contribution in [2.45, 2.75) is 26.7 Å². The smallest absolute Gasteiger partial charge is 0.293 e. The first-order valence-electron chi connectivity index (χ1n) is 9.30. The molecule has 0 spiro atoms. The fourth-order valence-electron chi connectivity index (χ4n) is 3.77. The summed E-state index contributed by atoms with van der Waals surface area (Å²) in [5.41, 5.74) is 8.65. The highest BCUT2D eigenvalue weighted by atomic mass is 16.2. The molecule has 1 aliphatic rings. The molecule has 1 saturated heterocycles. The minimum Gasteiger partial charge on any atom is -0.366 e. The average Bonchev–Trinajstić information content (AvgIpc) is 3.28. The summed E-state index contributed by atoms with van der Waals surface area (Å²) in [7, 11) is 0. The number of benzene rings is 1. The Bertz CT molecular complexity index is 1070. The zero-order valence-electron chi connectivity index (χ0n) is 15.9. The van der Waals surface area contributed by atoms with E-state index < -0.39 is 5.91 Å². The molecule has 3 aromatic rings. The van der Waals surface area contributed by atoms with Gasteiger partial charge in [-0.05, 0) is 56.4 Å². The summed E-state index contributed by atoms with van der Waals surface area (Å²) in [6, 6.07) is 9.26. The summed E-state index contributed by atoms with van der Waals surface area (Å²) in [5, 5.41) is 4.34. The van der Waals surface area contributed by atoms with E-state index in [9.17, 15) is 9.59 Å². The summed E-state index contributed by atoms with van der Waals surface area (Å²) >= 11 is 0. The van der Waals surface area contributed by atoms with Crippen LogP contribution < -0.4 is 5.73 Å². The normalized spacial score (nSPS) is 16.6. The number of carbonyl (C=O) groups excluding carboxylic acids is 2. The zero-order valence-corrected chi connectivity index (χ0v) is 15.9. The molecule has 8 heteroatoms. The van der Waals surface area contributed by atoms with Gasteiger partial charge in [-0.1, -0.05) is 12.1 Å². The third kappa shape index (κ3) is 3.45. The van der Waals surface area contributed by atoms with Crippen LogP contribution in [-0.4, -0.2) is 49.4 Å². The molecule has 28 heavy (non-hydrogen) atoms. The van der Waals surface area contributed by atoms with Gasteiger partial charge in [0.05, 0.1) is 0 Å². The molecule has 0 bridgehead atoms. The summed E-state index contributed by atoms with van der Waals surface area (Å²) in [4.78, 5) is 34.7. The number of hydrogen-bond donors (Lipinski definition) is 1. The van der Waals surface area contributed by atoms with E-state index >= 15 is 0 Å². The van der Waals surface area contributed by atoms with Crippen LogP contribution >= 0.6 is 0 Å². The number of aromatic nitrogens is 4. The van der Waals surface area contributed by atoms with Crippen LogP contribution in [0.2, 0.25) is 0 Å². The highest BCUT2D eigenvalue weighted by molar-refractivity contribution is 5.93. The number of likely N-dealkylation sites (tertiary alicyclic amines) is 1. The molecular weight excluding hydrogens is 356 g/mol. The molecular formula is C20H22N6O2. The predicted octanol–water partition coefficient (Wildman–Crippen LogP) is 1.54. The van der Waals surface area contributed by atoms with Crippen LogP contribution in [0.15, 0.2) is 30.3 Å². The van der Waals surface area contributed by atoms with Crippen molar-refractivity contribution >= 4 is 17.6 Å². The maximum Gasteiger partial charge on any atom is 0.293 e. The van der Waals surface area contributed by atoms with Gasteiger partial charge in [0, 0.05) is 30.0 Å². The molecule has 1 aliphatic heterocycles. The maximum atomic E-state index is 12.9. The number of aryl methyl sites for hydroxylation is 2. The van der Waals surface area contributed by atoms with Gasteiger partial charge in [0.2, 0.25) is 11.7 Å². The largest absolute Gasteiger partial charge is 0.366 e. The molecule has 1 unspecified atom stereocenters. The van der Waals surface area contributed by atoms with E-state index in [2.05, 4.69) is 15.1 Å². The van der Waals surface area contributed by atoms with Crippen molar-refractivity contribution in [2.75, 3.05) is 13.1 Å². The van der Waals surface area contributed by atoms with Crippen molar-refractivity contribution in [1.82, 2.24) is 24.5 Å². The standard InChI is InChI=1S/C20H22N6O2/c1-12-8-13(2)26-20(22-12)23-18(24-26)19(28)25-7-6-15(11-25)9-14-4-3-5-16(10-14)17(21)27/h3-5,8,10,15H,6-7,9,11H2,1-2H3,(H2,21,27). The second-order valence-corrected chi connectivity index (χ2v) is 7.36. The van der Waals surface area contributed by atoms with Gasteiger partial charge in [0.15, 0.2) is 0 Å². The second-order valence-electron chi connectivity index (χ2n) is 7.36. The van der Waals surface area contributed by atoms with Crippen LogP contribution in [0.4, 0.5) is 0 Å². The van der Waals surface area contributed by atoms with Crippen molar-refractivity contribution in [3.63, 3.8) is 0 Å². The van der Waals surface area contributed by atoms with Gasteiger partial charge in [0.1, 0.15) is 0 Å². The first-order valence-corrected chi connectivity index (χ1v) is 9.30. The van der Waals surface area contributed by atoms with Crippen LogP contribution in [0.25, 0.3) is 5.78 Å². The van der Waals surface area contributed by atoms with Gasteiger partial charge < -0.3 is 10.6 Å². The Morgan fingerprint density at radius 2 is 2.04 bits per heavy atom. The van der Waals surface area contributed by atoms with Crippen molar-refractivity contribution in [1.29, 1.82) is 0 Å². The molecule has 1 fully saturated rings. The number of rotatable bonds is 4. The summed E-state index contributed by atoms with van der Waals surface area (Å²) in [6.45, 7) is 5.11. The first kappa shape index (κ1) is 18.1. The predicted molar refractivity (Wildman–Crippen MR) is 103 cm³/mol. The number of carbonyl (C=O) groups is 2. The second kappa shape index (κ2) is 7.03. The Morgan fingerprint density at radius 3 is 2.82 bits per heavy atom. The maximum absolute atomic E-state index is 12.9. The van der Waals surface area contributed by atoms with Gasteiger partial charge in [0.25, 0.3) is 11.7 Å². The van der Waals surface area contributed by atoms with E-state index in [-0.39, 0.29) is 11.7 Å². The molecule has 3 heterocycles. The lowest BCUT2D eigenvalue weighted by atomic mass is 9.97. The highest BCUT2D eigenvalue weighted by Gasteiger charge is 2.29. The Balaban J connectivity index is 1.47. The quantitative estimate of drug-likeness (QED) is 0.741. The topological polar surface area (TPSA) is 106 Å². The van der Waals surface area contributed by atoms with Crippen molar-refractivity contribution in [2.24, 2.45) is 11.7 Å². The molecule has 2 N–H and O–H groups in total. The van der Waals surface area contributed by atoms with E-state index in [1.165, 1.54) is 0 Å². The summed E-state index contributed by atoms with van der Waals surface area (Å²) in [6.07, 6.45) is 1.69. The fraction of sp³-hybridized carbons (Fsp3) is 0.350. The average molecular weight is 378 g/mol. The lowest BCUT2D eigenvalue weighted by Crippen LogP contribution is -2.30. The van der Waals surface area contributed by atoms with Crippen molar-refractivity contribution < 1.29 is 9.59 Å². The number of hydrogen-bond acceptors (Lipinski definition) is 5. The molecule has 1 atom stereocenters. The first-order chi connectivity index (χ1) is 13.4. The molecule has 2 aromatic heterocycles. The number of fused-ring (bicyclic) bond motifs is 1. The van der Waals surface area contributed by atoms with Gasteiger partial charge in [-0.3, -0.25) is 9.59 Å². The van der Waals surface area contributed by atoms with E-state index in [0.717, 1.165) is 29.8 Å². The van der Waals surface area contributed by atoms with E-state index in [0.29, 0.717) is 30.3 Å². The molecule has 4 rings (SSSR count). The summed E-state index contributed by atoms with van der Waals surface area (Å²) in [5.74, 6) is 0.349. The van der Waals surface area contributed by atoms with Crippen molar-refractivity contribution in [3.05, 3.63) is 58.7 Å². The fourth-order valence-corrected chi connectivity index (χ4v) is 3.77. The Labute approximate surface area is 162 Å². The number of nitrogens with two attached hydrogens (primary N) is 1. The Morgan fingerprint density at radius 1 is 1.21 bits per heavy atom. The third-order valence-corrected chi connectivity index (χ3v) is 5.12. The monoisotopic (exact) mass is 378 g/mol. The lowest BCUT2D eigenvalue weighted by molar-refractivity contribution is 0.0775. The lowest BCUT2D eigenvalue weighted by Gasteiger charge is -2.14. The third-order valence-electron chi connectivity index (χ3n) is 5.12. The van der Waals surface area contributed by atoms with E-state index in [4.69, 9.17) is 5.73 Å². The van der Waals surface area contributed by atoms with Crippen LogP contribution in [0.1, 0.15) is 44.3 Å². The van der Waals surface area contributed by atoms with Crippen LogP contribution in [0, 0.1) is 19.8 Å². The SMILES string of the molecule is Cc1cc(C)n2nc(C(=O)N3CCC(Cc4cccc(C(N)=O)c4)C3)nc2n1. The Hall–Kier alpha value is -3.29. The van der Waals surface area contributed by atoms with Crippen LogP contribution in [0.5, 0.6) is 0 Å². The van der Waals surface area contributed by atoms with E-state index in [1.54, 1.807) is 15.5 Å². The van der Waals surface area contributed by atoms with Gasteiger partial charge in [-0.25, -0.2) is 9.50 Å². The number of nitrogens with zero attached hydrogens (tertiary/aromatic N) is 5. The Kier molecular flexibility index (Phi) is 4.54. The molecule has 1 aromatic carbocycles. The van der Waals surface area contributed by atoms with Gasteiger partial charge >= 0.3 is 0 Å². The van der Waals surface area contributed by atoms with Gasteiger partial charge in [-0.15, -0.1) is 5.10 Å². The molecule has 2 amide bonds. The molecule has 0 saturated carbocycles. The van der Waals surface area contributed by atoms with Gasteiger partial charge in [-0.2, -0.15) is 4.98 Å². The molecule has 8 nitrogen and oxygen atoms in total. The molecule has 0 aliphatic carbocycles. The van der Waals surface area contributed by atoms with Crippen LogP contribution in [-0.2, 0) is 6.42 Å². The molecule has 144 valence electrons. The number of amides is 2. The number of primary amides is 1. The highest BCUT2D eigenvalue weighted by Crippen LogP contribution is 2.22. The minimum absolute atomic E-state index is 0.170. The summed E-state index contributed by atoms with van der Waals surface area (Å²) < 4.78 is 1.60. The minimum atomic E-state index is -0.429. The zero-order chi connectivity index (χ0) is 19.8. The van der Waals surface area contributed by atoms with Crippen molar-refractivity contribution in [3.8, 4) is 0 Å². The van der Waals surface area contributed by atoms with E-state index in [1.807, 2.05) is 38.1 Å². The molecule has 0 radical (unpaired) electrons. The van der Waals surface area contributed by atoms with Crippen LogP contribution in [0.3, 0.4) is 0 Å².